The van der Waals surface area contributed by atoms with Crippen molar-refractivity contribution in [3.63, 3.8) is 0 Å². The summed E-state index contributed by atoms with van der Waals surface area (Å²) in [5, 5.41) is 0. The molecule has 0 atom stereocenters. The molecule has 1 fully saturated rings. The summed E-state index contributed by atoms with van der Waals surface area (Å²) < 4.78 is 0.613. The lowest BCUT2D eigenvalue weighted by molar-refractivity contribution is 0.649. The zero-order valence-electron chi connectivity index (χ0n) is 6.12. The maximum atomic E-state index is 3.72. The highest BCUT2D eigenvalue weighted by molar-refractivity contribution is 9.10. The molecule has 0 nitrogen and oxygen atoms in total. The summed E-state index contributed by atoms with van der Waals surface area (Å²) in [6.07, 6.45) is 8.41. The van der Waals surface area contributed by atoms with E-state index in [2.05, 4.69) is 22.9 Å². The van der Waals surface area contributed by atoms with E-state index in [4.69, 9.17) is 0 Å². The minimum Gasteiger partial charge on any atom is -0.0853 e. The predicted octanol–water partition coefficient (Wildman–Crippen LogP) is 3.49. The van der Waals surface area contributed by atoms with Gasteiger partial charge in [0.1, 0.15) is 0 Å². The molecule has 1 aliphatic rings. The number of halogens is 1. The Bertz CT molecular complexity index is 84.6. The largest absolute Gasteiger partial charge is 0.0853 e. The van der Waals surface area contributed by atoms with Gasteiger partial charge in [-0.2, -0.15) is 0 Å². The van der Waals surface area contributed by atoms with E-state index in [0.717, 1.165) is 0 Å². The molecular formula is C8H15Br. The van der Waals surface area contributed by atoms with Crippen molar-refractivity contribution in [2.75, 3.05) is 0 Å². The molecule has 1 rings (SSSR count). The van der Waals surface area contributed by atoms with Crippen molar-refractivity contribution in [3.8, 4) is 0 Å². The number of hydrogen-bond donors (Lipinski definition) is 0. The van der Waals surface area contributed by atoms with Gasteiger partial charge in [0, 0.05) is 4.32 Å². The van der Waals surface area contributed by atoms with Crippen molar-refractivity contribution in [2.24, 2.45) is 0 Å². The van der Waals surface area contributed by atoms with Crippen LogP contribution in [0.5, 0.6) is 0 Å². The fraction of sp³-hybridized carbons (Fsp3) is 1.00. The second kappa shape index (κ2) is 3.05. The SMILES string of the molecule is CCCCCC1(Br)CC1. The maximum Gasteiger partial charge on any atom is 0.0259 e. The molecule has 0 unspecified atom stereocenters. The van der Waals surface area contributed by atoms with Crippen molar-refractivity contribution in [2.45, 2.75) is 49.8 Å². The molecule has 0 aromatic rings. The van der Waals surface area contributed by atoms with Crippen molar-refractivity contribution in [1.29, 1.82) is 0 Å². The van der Waals surface area contributed by atoms with Gasteiger partial charge in [0.15, 0.2) is 0 Å². The van der Waals surface area contributed by atoms with E-state index in [9.17, 15) is 0 Å². The molecule has 54 valence electrons. The van der Waals surface area contributed by atoms with Gasteiger partial charge < -0.3 is 0 Å². The van der Waals surface area contributed by atoms with Gasteiger partial charge in [-0.1, -0.05) is 42.1 Å². The Labute approximate surface area is 66.2 Å². The summed E-state index contributed by atoms with van der Waals surface area (Å²) in [6.45, 7) is 2.26. The Morgan fingerprint density at radius 1 is 1.33 bits per heavy atom. The Hall–Kier alpha value is 0.480. The summed E-state index contributed by atoms with van der Waals surface area (Å²) in [4.78, 5) is 0. The summed E-state index contributed by atoms with van der Waals surface area (Å²) in [6, 6.07) is 0. The molecule has 0 spiro atoms. The number of unbranched alkanes of at least 4 members (excludes halogenated alkanes) is 2. The predicted molar refractivity (Wildman–Crippen MR) is 45.0 cm³/mol. The third-order valence-corrected chi connectivity index (χ3v) is 3.21. The normalized spacial score (nSPS) is 22.0. The summed E-state index contributed by atoms with van der Waals surface area (Å²) in [5.41, 5.74) is 0. The lowest BCUT2D eigenvalue weighted by Crippen LogP contribution is -1.94. The van der Waals surface area contributed by atoms with Crippen molar-refractivity contribution < 1.29 is 0 Å². The van der Waals surface area contributed by atoms with Crippen LogP contribution in [0.3, 0.4) is 0 Å². The van der Waals surface area contributed by atoms with Crippen LogP contribution in [0.15, 0.2) is 0 Å². The van der Waals surface area contributed by atoms with Gasteiger partial charge in [0.05, 0.1) is 0 Å². The average molecular weight is 191 g/mol. The number of rotatable bonds is 4. The number of alkyl halides is 1. The maximum absolute atomic E-state index is 3.72. The molecule has 0 radical (unpaired) electrons. The van der Waals surface area contributed by atoms with Crippen LogP contribution in [0.4, 0.5) is 0 Å². The molecule has 1 saturated carbocycles. The van der Waals surface area contributed by atoms with Crippen LogP contribution in [-0.4, -0.2) is 4.32 Å². The van der Waals surface area contributed by atoms with E-state index in [1.807, 2.05) is 0 Å². The zero-order valence-corrected chi connectivity index (χ0v) is 7.71. The Morgan fingerprint density at radius 2 is 2.00 bits per heavy atom. The van der Waals surface area contributed by atoms with Crippen molar-refractivity contribution in [3.05, 3.63) is 0 Å². The van der Waals surface area contributed by atoms with Gasteiger partial charge in [0.2, 0.25) is 0 Å². The van der Waals surface area contributed by atoms with Crippen LogP contribution in [0.25, 0.3) is 0 Å². The molecule has 1 aliphatic carbocycles. The van der Waals surface area contributed by atoms with Crippen LogP contribution >= 0.6 is 15.9 Å². The van der Waals surface area contributed by atoms with E-state index < -0.39 is 0 Å². The van der Waals surface area contributed by atoms with Gasteiger partial charge in [-0.05, 0) is 19.3 Å². The highest BCUT2D eigenvalue weighted by Gasteiger charge is 2.38. The molecule has 0 aromatic carbocycles. The quantitative estimate of drug-likeness (QED) is 0.471. The molecule has 0 heterocycles. The van der Waals surface area contributed by atoms with Crippen LogP contribution in [0.1, 0.15) is 45.4 Å². The van der Waals surface area contributed by atoms with E-state index >= 15 is 0 Å². The third kappa shape index (κ3) is 2.70. The molecule has 0 saturated heterocycles. The molecule has 0 amide bonds. The van der Waals surface area contributed by atoms with Gasteiger partial charge in [-0.3, -0.25) is 0 Å². The van der Waals surface area contributed by atoms with Crippen molar-refractivity contribution in [1.82, 2.24) is 0 Å². The third-order valence-electron chi connectivity index (χ3n) is 2.02. The first kappa shape index (κ1) is 7.59. The molecule has 0 aliphatic heterocycles. The van der Waals surface area contributed by atoms with Crippen LogP contribution in [0, 0.1) is 0 Å². The minimum absolute atomic E-state index is 0.613. The molecule has 1 heteroatoms. The fourth-order valence-electron chi connectivity index (χ4n) is 1.08. The molecule has 0 bridgehead atoms. The van der Waals surface area contributed by atoms with E-state index in [1.54, 1.807) is 0 Å². The first-order valence-corrected chi connectivity index (χ1v) is 4.75. The Kier molecular flexibility index (Phi) is 2.57. The van der Waals surface area contributed by atoms with Crippen LogP contribution in [0.2, 0.25) is 0 Å². The summed E-state index contributed by atoms with van der Waals surface area (Å²) >= 11 is 3.72. The van der Waals surface area contributed by atoms with Crippen molar-refractivity contribution >= 4 is 15.9 Å². The smallest absolute Gasteiger partial charge is 0.0259 e. The standard InChI is InChI=1S/C8H15Br/c1-2-3-4-5-8(9)6-7-8/h2-7H2,1H3. The Morgan fingerprint density at radius 3 is 2.44 bits per heavy atom. The van der Waals surface area contributed by atoms with E-state index in [1.165, 1.54) is 38.5 Å². The highest BCUT2D eigenvalue weighted by atomic mass is 79.9. The molecule has 0 aromatic heterocycles. The Balaban J connectivity index is 1.92. The average Bonchev–Trinajstić information content (AvgIpc) is 2.50. The first-order valence-electron chi connectivity index (χ1n) is 3.96. The summed E-state index contributed by atoms with van der Waals surface area (Å²) in [5.74, 6) is 0. The van der Waals surface area contributed by atoms with Crippen LogP contribution in [-0.2, 0) is 0 Å². The zero-order chi connectivity index (χ0) is 6.74. The monoisotopic (exact) mass is 190 g/mol. The molecule has 9 heavy (non-hydrogen) atoms. The van der Waals surface area contributed by atoms with Gasteiger partial charge >= 0.3 is 0 Å². The highest BCUT2D eigenvalue weighted by Crippen LogP contribution is 2.48. The van der Waals surface area contributed by atoms with E-state index in [-0.39, 0.29) is 0 Å². The molecule has 0 N–H and O–H groups in total. The summed E-state index contributed by atoms with van der Waals surface area (Å²) in [7, 11) is 0. The number of hydrogen-bond acceptors (Lipinski definition) is 0. The second-order valence-corrected chi connectivity index (χ2v) is 4.79. The minimum atomic E-state index is 0.613. The van der Waals surface area contributed by atoms with Crippen LogP contribution < -0.4 is 0 Å². The van der Waals surface area contributed by atoms with Gasteiger partial charge in [-0.15, -0.1) is 0 Å². The molecular weight excluding hydrogens is 176 g/mol. The lowest BCUT2D eigenvalue weighted by atomic mass is 10.1. The second-order valence-electron chi connectivity index (χ2n) is 3.11. The fourth-order valence-corrected chi connectivity index (χ4v) is 1.56. The lowest BCUT2D eigenvalue weighted by Gasteiger charge is -2.02. The van der Waals surface area contributed by atoms with E-state index in [0.29, 0.717) is 4.32 Å². The van der Waals surface area contributed by atoms with Gasteiger partial charge in [0.25, 0.3) is 0 Å². The topological polar surface area (TPSA) is 0 Å². The first-order chi connectivity index (χ1) is 4.27. The van der Waals surface area contributed by atoms with Gasteiger partial charge in [-0.25, -0.2) is 0 Å².